The highest BCUT2D eigenvalue weighted by atomic mass is 32.2. The average Bonchev–Trinajstić information content (AvgIpc) is 2.37. The number of methoxy groups -OCH3 is 1. The molecule has 0 aromatic carbocycles. The molecule has 1 atom stereocenters. The molecule has 0 aliphatic carbocycles. The molecule has 4 nitrogen and oxygen atoms in total. The van der Waals surface area contributed by atoms with Gasteiger partial charge in [0.25, 0.3) is 0 Å². The summed E-state index contributed by atoms with van der Waals surface area (Å²) in [5, 5.41) is 9.60. The van der Waals surface area contributed by atoms with Gasteiger partial charge in [-0.2, -0.15) is 11.8 Å². The first-order valence-corrected chi connectivity index (χ1v) is 7.43. The highest BCUT2D eigenvalue weighted by Crippen LogP contribution is 2.33. The molecule has 100 valence electrons. The lowest BCUT2D eigenvalue weighted by molar-refractivity contribution is -0.133. The number of aliphatic hydroxyl groups excluding tert-OH is 1. The molecule has 0 radical (unpaired) electrons. The van der Waals surface area contributed by atoms with Gasteiger partial charge in [-0.1, -0.05) is 0 Å². The van der Waals surface area contributed by atoms with Gasteiger partial charge in [0.15, 0.2) is 0 Å². The summed E-state index contributed by atoms with van der Waals surface area (Å²) in [4.78, 5) is 13.8. The Bertz CT molecular complexity index is 250. The number of nitrogens with zero attached hydrogens (tertiary/aromatic N) is 1. The van der Waals surface area contributed by atoms with E-state index in [1.165, 1.54) is 0 Å². The van der Waals surface area contributed by atoms with Crippen LogP contribution >= 0.6 is 11.8 Å². The summed E-state index contributed by atoms with van der Waals surface area (Å²) in [7, 11) is 1.67. The van der Waals surface area contributed by atoms with Crippen molar-refractivity contribution in [2.75, 3.05) is 45.4 Å². The van der Waals surface area contributed by atoms with Crippen molar-refractivity contribution in [3.63, 3.8) is 0 Å². The van der Waals surface area contributed by atoms with Crippen LogP contribution in [0.3, 0.4) is 0 Å². The lowest BCUT2D eigenvalue weighted by Crippen LogP contribution is -2.48. The predicted molar refractivity (Wildman–Crippen MR) is 70.2 cm³/mol. The monoisotopic (exact) mass is 261 g/mol. The minimum absolute atomic E-state index is 0.138. The van der Waals surface area contributed by atoms with Gasteiger partial charge in [0.2, 0.25) is 5.91 Å². The minimum atomic E-state index is -0.150. The maximum absolute atomic E-state index is 11.9. The number of rotatable bonds is 6. The van der Waals surface area contributed by atoms with Crippen LogP contribution in [0.4, 0.5) is 0 Å². The molecule has 1 amide bonds. The van der Waals surface area contributed by atoms with Crippen molar-refractivity contribution in [2.24, 2.45) is 5.41 Å². The zero-order valence-corrected chi connectivity index (χ0v) is 11.6. The molecule has 1 fully saturated rings. The van der Waals surface area contributed by atoms with Crippen LogP contribution in [0.2, 0.25) is 0 Å². The zero-order valence-electron chi connectivity index (χ0n) is 10.8. The van der Waals surface area contributed by atoms with Crippen LogP contribution in [0.25, 0.3) is 0 Å². The fourth-order valence-electron chi connectivity index (χ4n) is 2.37. The largest absolute Gasteiger partial charge is 0.396 e. The van der Waals surface area contributed by atoms with E-state index < -0.39 is 0 Å². The topological polar surface area (TPSA) is 49.8 Å². The number of carbonyl (C=O) groups excluding carboxylic acids is 1. The van der Waals surface area contributed by atoms with E-state index in [2.05, 4.69) is 0 Å². The molecule has 17 heavy (non-hydrogen) atoms. The number of carbonyl (C=O) groups is 1. The third-order valence-electron chi connectivity index (χ3n) is 3.45. The van der Waals surface area contributed by atoms with Crippen LogP contribution in [0.1, 0.15) is 19.3 Å². The van der Waals surface area contributed by atoms with Crippen molar-refractivity contribution in [3.05, 3.63) is 0 Å². The quantitative estimate of drug-likeness (QED) is 0.774. The molecule has 1 heterocycles. The molecule has 1 aliphatic rings. The van der Waals surface area contributed by atoms with E-state index in [1.807, 2.05) is 11.2 Å². The molecule has 1 saturated heterocycles. The number of aliphatic hydroxyl groups is 1. The Morgan fingerprint density at radius 2 is 2.35 bits per heavy atom. The number of piperidine rings is 1. The summed E-state index contributed by atoms with van der Waals surface area (Å²) in [6, 6.07) is 0. The van der Waals surface area contributed by atoms with Gasteiger partial charge < -0.3 is 14.7 Å². The summed E-state index contributed by atoms with van der Waals surface area (Å²) in [5.41, 5.74) is -0.150. The lowest BCUT2D eigenvalue weighted by Gasteiger charge is -2.41. The maximum atomic E-state index is 11.9. The Morgan fingerprint density at radius 1 is 1.59 bits per heavy atom. The van der Waals surface area contributed by atoms with Gasteiger partial charge in [-0.25, -0.2) is 0 Å². The molecular weight excluding hydrogens is 238 g/mol. The van der Waals surface area contributed by atoms with E-state index in [4.69, 9.17) is 4.74 Å². The van der Waals surface area contributed by atoms with Crippen molar-refractivity contribution in [1.82, 2.24) is 4.90 Å². The molecule has 0 saturated carbocycles. The second-order valence-corrected chi connectivity index (χ2v) is 5.62. The first kappa shape index (κ1) is 14.8. The summed E-state index contributed by atoms with van der Waals surface area (Å²) >= 11 is 1.55. The number of hydrogen-bond donors (Lipinski definition) is 1. The van der Waals surface area contributed by atoms with E-state index in [0.717, 1.165) is 25.8 Å². The van der Waals surface area contributed by atoms with Gasteiger partial charge in [-0.05, 0) is 25.5 Å². The number of thioether (sulfide) groups is 1. The van der Waals surface area contributed by atoms with Gasteiger partial charge in [0, 0.05) is 32.2 Å². The predicted octanol–water partition coefficient (Wildman–Crippen LogP) is 0.987. The van der Waals surface area contributed by atoms with Crippen LogP contribution in [0, 0.1) is 5.41 Å². The molecule has 1 aliphatic heterocycles. The summed E-state index contributed by atoms with van der Waals surface area (Å²) in [6.07, 6.45) is 4.72. The highest BCUT2D eigenvalue weighted by Gasteiger charge is 2.36. The average molecular weight is 261 g/mol. The Balaban J connectivity index is 2.58. The number of ether oxygens (including phenoxy) is 1. The molecule has 0 aromatic heterocycles. The van der Waals surface area contributed by atoms with E-state index >= 15 is 0 Å². The van der Waals surface area contributed by atoms with Crippen molar-refractivity contribution in [2.45, 2.75) is 19.3 Å². The first-order chi connectivity index (χ1) is 8.17. The van der Waals surface area contributed by atoms with E-state index in [0.29, 0.717) is 18.9 Å². The molecule has 1 N–H and O–H groups in total. The highest BCUT2D eigenvalue weighted by molar-refractivity contribution is 7.99. The lowest BCUT2D eigenvalue weighted by atomic mass is 9.78. The van der Waals surface area contributed by atoms with Gasteiger partial charge in [0.05, 0.1) is 12.4 Å². The second-order valence-electron chi connectivity index (χ2n) is 4.75. The van der Waals surface area contributed by atoms with E-state index in [-0.39, 0.29) is 17.9 Å². The Kier molecular flexibility index (Phi) is 6.30. The van der Waals surface area contributed by atoms with Crippen LogP contribution in [0.15, 0.2) is 0 Å². The van der Waals surface area contributed by atoms with Crippen LogP contribution in [-0.2, 0) is 9.53 Å². The molecule has 1 unspecified atom stereocenters. The Labute approximate surface area is 108 Å². The SMILES string of the molecule is COCCC1(CO)CCCN(C(=O)CSC)C1. The fraction of sp³-hybridized carbons (Fsp3) is 0.917. The Morgan fingerprint density at radius 3 is 2.94 bits per heavy atom. The first-order valence-electron chi connectivity index (χ1n) is 6.04. The smallest absolute Gasteiger partial charge is 0.232 e. The number of likely N-dealkylation sites (tertiary alicyclic amines) is 1. The van der Waals surface area contributed by atoms with Gasteiger partial charge in [0.1, 0.15) is 0 Å². The van der Waals surface area contributed by atoms with Gasteiger partial charge in [-0.3, -0.25) is 4.79 Å². The molecular formula is C12H23NO3S. The molecule has 1 rings (SSSR count). The van der Waals surface area contributed by atoms with Crippen molar-refractivity contribution in [1.29, 1.82) is 0 Å². The van der Waals surface area contributed by atoms with Crippen molar-refractivity contribution in [3.8, 4) is 0 Å². The van der Waals surface area contributed by atoms with Crippen molar-refractivity contribution < 1.29 is 14.6 Å². The summed E-state index contributed by atoms with van der Waals surface area (Å²) in [6.45, 7) is 2.28. The van der Waals surface area contributed by atoms with Crippen molar-refractivity contribution >= 4 is 17.7 Å². The van der Waals surface area contributed by atoms with Crippen LogP contribution in [-0.4, -0.2) is 61.3 Å². The second kappa shape index (κ2) is 7.24. The molecule has 0 bridgehead atoms. The summed E-state index contributed by atoms with van der Waals surface area (Å²) < 4.78 is 5.10. The third-order valence-corrected chi connectivity index (χ3v) is 3.99. The molecule has 0 spiro atoms. The summed E-state index contributed by atoms with van der Waals surface area (Å²) in [5.74, 6) is 0.721. The number of hydrogen-bond acceptors (Lipinski definition) is 4. The fourth-order valence-corrected chi connectivity index (χ4v) is 2.80. The van der Waals surface area contributed by atoms with Crippen LogP contribution in [0.5, 0.6) is 0 Å². The molecule has 5 heteroatoms. The van der Waals surface area contributed by atoms with Gasteiger partial charge in [-0.15, -0.1) is 0 Å². The normalized spacial score (nSPS) is 25.0. The van der Waals surface area contributed by atoms with E-state index in [1.54, 1.807) is 18.9 Å². The molecule has 0 aromatic rings. The third kappa shape index (κ3) is 4.16. The zero-order chi connectivity index (χ0) is 12.7. The Hall–Kier alpha value is -0.260. The van der Waals surface area contributed by atoms with Gasteiger partial charge >= 0.3 is 0 Å². The van der Waals surface area contributed by atoms with Crippen LogP contribution < -0.4 is 0 Å². The standard InChI is InChI=1S/C12H23NO3S/c1-16-7-5-12(10-14)4-3-6-13(9-12)11(15)8-17-2/h14H,3-10H2,1-2H3. The van der Waals surface area contributed by atoms with E-state index in [9.17, 15) is 9.90 Å². The number of amides is 1. The maximum Gasteiger partial charge on any atom is 0.232 e. The minimum Gasteiger partial charge on any atom is -0.396 e.